The summed E-state index contributed by atoms with van der Waals surface area (Å²) in [5.41, 5.74) is 19.2. The molecule has 0 aliphatic heterocycles. The Bertz CT molecular complexity index is 251. The number of nitrogens with zero attached hydrogens (tertiary/aromatic N) is 1. The summed E-state index contributed by atoms with van der Waals surface area (Å²) in [5, 5.41) is 14.8. The normalized spacial score (nSPS) is 8.80. The van der Waals surface area contributed by atoms with Crippen LogP contribution in [0, 0.1) is 0 Å². The number of nitrogens with two attached hydrogens (primary N) is 4. The lowest BCUT2D eigenvalue weighted by Gasteiger charge is -2.14. The van der Waals surface area contributed by atoms with E-state index in [1.165, 1.54) is 0 Å². The number of primary amides is 2. The molecule has 0 rings (SSSR count). The third kappa shape index (κ3) is 36.0. The van der Waals surface area contributed by atoms with E-state index in [4.69, 9.17) is 36.1 Å². The smallest absolute Gasteiger partial charge is 0.414 e. The molecule has 0 fully saturated rings. The Morgan fingerprint density at radius 3 is 1.30 bits per heavy atom. The molecule has 0 aromatic heterocycles. The fourth-order valence-electron chi connectivity index (χ4n) is 0.834. The quantitative estimate of drug-likeness (QED) is 0.296. The Balaban J connectivity index is -0.000000246. The van der Waals surface area contributed by atoms with Crippen LogP contribution in [0.2, 0.25) is 0 Å². The van der Waals surface area contributed by atoms with Crippen LogP contribution < -0.4 is 22.9 Å². The molecule has 0 aromatic rings. The molecule has 0 aromatic carbocycles. The van der Waals surface area contributed by atoms with E-state index in [0.29, 0.717) is 0 Å². The first-order chi connectivity index (χ1) is 9.18. The molecule has 0 bridgehead atoms. The molecular weight excluding hydrogens is 270 g/mol. The fraction of sp³-hybridized carbons (Fsp3) is 0.700. The zero-order chi connectivity index (χ0) is 16.6. The maximum absolute atomic E-state index is 9.10. The van der Waals surface area contributed by atoms with E-state index in [-0.39, 0.29) is 0 Å². The number of aliphatic carboxylic acids is 2. The summed E-state index contributed by atoms with van der Waals surface area (Å²) in [6.07, 6.45) is 2.17. The zero-order valence-electron chi connectivity index (χ0n) is 11.6. The number of carbonyl (C=O) groups is 3. The minimum atomic E-state index is -1.82. The van der Waals surface area contributed by atoms with Gasteiger partial charge in [0.15, 0.2) is 0 Å². The van der Waals surface area contributed by atoms with Crippen molar-refractivity contribution in [2.45, 2.75) is 12.8 Å². The van der Waals surface area contributed by atoms with Crippen molar-refractivity contribution in [3.63, 3.8) is 0 Å². The molecule has 0 atom stereocenters. The molecule has 10 heteroatoms. The first-order valence-electron chi connectivity index (χ1n) is 5.78. The van der Waals surface area contributed by atoms with Crippen molar-refractivity contribution in [2.24, 2.45) is 22.9 Å². The molecular formula is C10H25N5O5. The van der Waals surface area contributed by atoms with E-state index in [9.17, 15) is 0 Å². The first-order valence-corrected chi connectivity index (χ1v) is 5.78. The van der Waals surface area contributed by atoms with Crippen LogP contribution in [0.3, 0.4) is 0 Å². The van der Waals surface area contributed by atoms with Gasteiger partial charge in [0, 0.05) is 0 Å². The maximum atomic E-state index is 9.10. The highest BCUT2D eigenvalue weighted by Crippen LogP contribution is 1.87. The van der Waals surface area contributed by atoms with Crippen LogP contribution in [0.1, 0.15) is 12.8 Å². The SMILES string of the molecule is CN(CCCN)CCCN.NC(N)=O.O=C(O)C(=O)O. The second-order valence-electron chi connectivity index (χ2n) is 3.60. The van der Waals surface area contributed by atoms with Gasteiger partial charge in [0.25, 0.3) is 0 Å². The Kier molecular flexibility index (Phi) is 19.8. The fourth-order valence-corrected chi connectivity index (χ4v) is 0.834. The molecule has 0 heterocycles. The van der Waals surface area contributed by atoms with Gasteiger partial charge in [0.2, 0.25) is 0 Å². The molecule has 0 saturated heterocycles. The van der Waals surface area contributed by atoms with Crippen molar-refractivity contribution < 1.29 is 24.6 Å². The van der Waals surface area contributed by atoms with Gasteiger partial charge >= 0.3 is 18.0 Å². The summed E-state index contributed by atoms with van der Waals surface area (Å²) in [6, 6.07) is -0.833. The van der Waals surface area contributed by atoms with Crippen LogP contribution >= 0.6 is 0 Å². The van der Waals surface area contributed by atoms with E-state index in [1.807, 2.05) is 0 Å². The summed E-state index contributed by atoms with van der Waals surface area (Å²) in [5.74, 6) is -3.65. The third-order valence-corrected chi connectivity index (χ3v) is 1.67. The predicted molar refractivity (Wildman–Crippen MR) is 73.9 cm³/mol. The highest BCUT2D eigenvalue weighted by molar-refractivity contribution is 6.27. The average Bonchev–Trinajstić information content (AvgIpc) is 2.33. The molecule has 10 N–H and O–H groups in total. The predicted octanol–water partition coefficient (Wildman–Crippen LogP) is -2.20. The Morgan fingerprint density at radius 2 is 1.15 bits per heavy atom. The van der Waals surface area contributed by atoms with Crippen molar-refractivity contribution in [2.75, 3.05) is 33.2 Å². The van der Waals surface area contributed by atoms with E-state index < -0.39 is 18.0 Å². The highest BCUT2D eigenvalue weighted by atomic mass is 16.4. The Hall–Kier alpha value is -1.91. The second-order valence-corrected chi connectivity index (χ2v) is 3.60. The Morgan fingerprint density at radius 1 is 0.900 bits per heavy atom. The van der Waals surface area contributed by atoms with E-state index in [1.54, 1.807) is 0 Å². The molecule has 0 unspecified atom stereocenters. The van der Waals surface area contributed by atoms with Gasteiger partial charge < -0.3 is 38.0 Å². The molecule has 0 aliphatic rings. The van der Waals surface area contributed by atoms with Crippen LogP contribution in [0.4, 0.5) is 4.79 Å². The monoisotopic (exact) mass is 295 g/mol. The molecule has 120 valence electrons. The van der Waals surface area contributed by atoms with Crippen LogP contribution in [-0.2, 0) is 9.59 Å². The van der Waals surface area contributed by atoms with Gasteiger partial charge in [-0.05, 0) is 46.1 Å². The minimum absolute atomic E-state index is 0.785. The van der Waals surface area contributed by atoms with Crippen LogP contribution in [0.5, 0.6) is 0 Å². The van der Waals surface area contributed by atoms with Crippen molar-refractivity contribution in [3.8, 4) is 0 Å². The number of carboxylic acid groups (broad SMARTS) is 2. The molecule has 20 heavy (non-hydrogen) atoms. The van der Waals surface area contributed by atoms with E-state index >= 15 is 0 Å². The summed E-state index contributed by atoms with van der Waals surface area (Å²) >= 11 is 0. The van der Waals surface area contributed by atoms with Gasteiger partial charge in [-0.25, -0.2) is 14.4 Å². The third-order valence-electron chi connectivity index (χ3n) is 1.67. The number of urea groups is 1. The summed E-state index contributed by atoms with van der Waals surface area (Å²) in [7, 11) is 2.10. The van der Waals surface area contributed by atoms with Gasteiger partial charge in [0.1, 0.15) is 0 Å². The maximum Gasteiger partial charge on any atom is 0.414 e. The lowest BCUT2D eigenvalue weighted by atomic mass is 10.3. The van der Waals surface area contributed by atoms with E-state index in [0.717, 1.165) is 39.0 Å². The minimum Gasteiger partial charge on any atom is -0.473 e. The standard InChI is InChI=1S/C7H19N3.C2H2O4.CH4N2O/c1-10(6-2-4-8)7-3-5-9;3-1(4)2(5)6;2-1(3)4/h2-9H2,1H3;(H,3,4)(H,5,6);(H4,2,3,4). The topological polar surface area (TPSA) is 199 Å². The van der Waals surface area contributed by atoms with E-state index in [2.05, 4.69) is 23.4 Å². The van der Waals surface area contributed by atoms with Crippen molar-refractivity contribution in [3.05, 3.63) is 0 Å². The number of amides is 2. The summed E-state index contributed by atoms with van der Waals surface area (Å²) in [4.78, 5) is 29.5. The number of hydrogen-bond donors (Lipinski definition) is 6. The highest BCUT2D eigenvalue weighted by Gasteiger charge is 2.04. The molecule has 2 amide bonds. The lowest BCUT2D eigenvalue weighted by molar-refractivity contribution is -0.159. The van der Waals surface area contributed by atoms with Crippen LogP contribution in [-0.4, -0.2) is 66.3 Å². The van der Waals surface area contributed by atoms with Gasteiger partial charge in [-0.1, -0.05) is 0 Å². The number of rotatable bonds is 6. The molecule has 0 aliphatic carbocycles. The van der Waals surface area contributed by atoms with Crippen molar-refractivity contribution in [1.29, 1.82) is 0 Å². The lowest BCUT2D eigenvalue weighted by Crippen LogP contribution is -2.24. The van der Waals surface area contributed by atoms with Crippen molar-refractivity contribution in [1.82, 2.24) is 4.90 Å². The van der Waals surface area contributed by atoms with Gasteiger partial charge in [-0.3, -0.25) is 0 Å². The van der Waals surface area contributed by atoms with Crippen LogP contribution in [0.15, 0.2) is 0 Å². The first kappa shape index (κ1) is 23.2. The van der Waals surface area contributed by atoms with Crippen LogP contribution in [0.25, 0.3) is 0 Å². The van der Waals surface area contributed by atoms with Gasteiger partial charge in [-0.2, -0.15) is 0 Å². The molecule has 0 radical (unpaired) electrons. The number of carboxylic acids is 2. The zero-order valence-corrected chi connectivity index (χ0v) is 11.6. The molecule has 10 nitrogen and oxygen atoms in total. The average molecular weight is 295 g/mol. The summed E-state index contributed by atoms with van der Waals surface area (Å²) < 4.78 is 0. The Labute approximate surface area is 117 Å². The second kappa shape index (κ2) is 17.1. The van der Waals surface area contributed by atoms with Crippen molar-refractivity contribution >= 4 is 18.0 Å². The molecule has 0 saturated carbocycles. The largest absolute Gasteiger partial charge is 0.473 e. The van der Waals surface area contributed by atoms with Gasteiger partial charge in [0.05, 0.1) is 0 Å². The number of hydrogen-bond acceptors (Lipinski definition) is 6. The summed E-state index contributed by atoms with van der Waals surface area (Å²) in [6.45, 7) is 3.76. The van der Waals surface area contributed by atoms with Gasteiger partial charge in [-0.15, -0.1) is 0 Å². The molecule has 0 spiro atoms. The number of carbonyl (C=O) groups excluding carboxylic acids is 1.